The summed E-state index contributed by atoms with van der Waals surface area (Å²) in [4.78, 5) is 25.3. The van der Waals surface area contributed by atoms with E-state index in [1.165, 1.54) is 6.92 Å². The van der Waals surface area contributed by atoms with Gasteiger partial charge in [-0.25, -0.2) is 0 Å². The number of nitrogens with zero attached hydrogens (tertiary/aromatic N) is 1. The summed E-state index contributed by atoms with van der Waals surface area (Å²) < 4.78 is 5.58. The molecule has 1 aliphatic carbocycles. The van der Waals surface area contributed by atoms with Gasteiger partial charge in [0.2, 0.25) is 11.8 Å². The van der Waals surface area contributed by atoms with Crippen molar-refractivity contribution in [1.29, 1.82) is 0 Å². The molecule has 0 aromatic carbocycles. The van der Waals surface area contributed by atoms with Gasteiger partial charge in [-0.3, -0.25) is 9.59 Å². The van der Waals surface area contributed by atoms with E-state index in [0.29, 0.717) is 26.2 Å². The van der Waals surface area contributed by atoms with Crippen molar-refractivity contribution in [1.82, 2.24) is 10.2 Å². The third-order valence-corrected chi connectivity index (χ3v) is 4.09. The number of morpholine rings is 1. The lowest BCUT2D eigenvalue weighted by molar-refractivity contribution is -0.144. The normalized spacial score (nSPS) is 30.9. The Morgan fingerprint density at radius 3 is 2.90 bits per heavy atom. The zero-order valence-electron chi connectivity index (χ0n) is 12.1. The molecule has 0 aromatic rings. The van der Waals surface area contributed by atoms with Gasteiger partial charge in [0.25, 0.3) is 0 Å². The number of nitrogens with two attached hydrogens (primary N) is 1. The highest BCUT2D eigenvalue weighted by Gasteiger charge is 2.31. The maximum atomic E-state index is 12.5. The van der Waals surface area contributed by atoms with Gasteiger partial charge in [0.1, 0.15) is 0 Å². The molecule has 3 N–H and O–H groups in total. The van der Waals surface area contributed by atoms with Crippen LogP contribution in [0.5, 0.6) is 0 Å². The van der Waals surface area contributed by atoms with Gasteiger partial charge in [-0.1, -0.05) is 6.42 Å². The van der Waals surface area contributed by atoms with E-state index in [9.17, 15) is 9.59 Å². The molecule has 0 spiro atoms. The van der Waals surface area contributed by atoms with Gasteiger partial charge in [0, 0.05) is 38.5 Å². The van der Waals surface area contributed by atoms with Crippen molar-refractivity contribution in [3.63, 3.8) is 0 Å². The number of carbonyl (C=O) groups excluding carboxylic acids is 2. The van der Waals surface area contributed by atoms with Crippen LogP contribution in [0.2, 0.25) is 0 Å². The molecule has 2 aliphatic rings. The second-order valence-electron chi connectivity index (χ2n) is 5.84. The van der Waals surface area contributed by atoms with Gasteiger partial charge in [0.15, 0.2) is 0 Å². The minimum atomic E-state index is -0.103. The number of hydrogen-bond acceptors (Lipinski definition) is 4. The average molecular weight is 283 g/mol. The summed E-state index contributed by atoms with van der Waals surface area (Å²) in [6.07, 6.45) is 3.70. The van der Waals surface area contributed by atoms with Crippen molar-refractivity contribution in [2.45, 2.75) is 44.8 Å². The second kappa shape index (κ2) is 7.04. The lowest BCUT2D eigenvalue weighted by Gasteiger charge is -2.36. The first kappa shape index (κ1) is 15.3. The lowest BCUT2D eigenvalue weighted by atomic mass is 9.85. The van der Waals surface area contributed by atoms with Crippen LogP contribution in [0.1, 0.15) is 32.6 Å². The Morgan fingerprint density at radius 1 is 1.40 bits per heavy atom. The zero-order valence-corrected chi connectivity index (χ0v) is 12.1. The van der Waals surface area contributed by atoms with E-state index in [0.717, 1.165) is 25.7 Å². The number of rotatable bonds is 3. The molecule has 0 bridgehead atoms. The molecule has 3 unspecified atom stereocenters. The van der Waals surface area contributed by atoms with Crippen LogP contribution in [-0.2, 0) is 14.3 Å². The molecule has 1 heterocycles. The van der Waals surface area contributed by atoms with Crippen molar-refractivity contribution < 1.29 is 14.3 Å². The molecule has 6 heteroatoms. The smallest absolute Gasteiger partial charge is 0.225 e. The van der Waals surface area contributed by atoms with Crippen molar-refractivity contribution in [2.75, 3.05) is 26.2 Å². The standard InChI is InChI=1S/C14H25N3O3/c1-10(18)16-8-13-9-17(5-6-20-13)14(19)11-3-2-4-12(15)7-11/h11-13H,2-9,15H2,1H3,(H,16,18). The monoisotopic (exact) mass is 283 g/mol. The predicted octanol–water partition coefficient (Wildman–Crippen LogP) is -0.133. The summed E-state index contributed by atoms with van der Waals surface area (Å²) >= 11 is 0. The van der Waals surface area contributed by atoms with Gasteiger partial charge in [-0.15, -0.1) is 0 Å². The molecule has 2 amide bonds. The molecule has 1 saturated heterocycles. The van der Waals surface area contributed by atoms with E-state index < -0.39 is 0 Å². The molecule has 2 fully saturated rings. The Balaban J connectivity index is 1.84. The quantitative estimate of drug-likeness (QED) is 0.755. The first-order chi connectivity index (χ1) is 9.56. The van der Waals surface area contributed by atoms with Crippen LogP contribution in [-0.4, -0.2) is 55.1 Å². The van der Waals surface area contributed by atoms with Crippen LogP contribution >= 0.6 is 0 Å². The molecule has 2 rings (SSSR count). The number of ether oxygens (including phenoxy) is 1. The fourth-order valence-electron chi connectivity index (χ4n) is 3.01. The Kier molecular flexibility index (Phi) is 5.37. The highest BCUT2D eigenvalue weighted by molar-refractivity contribution is 5.79. The molecule has 0 aromatic heterocycles. The number of hydrogen-bond donors (Lipinski definition) is 2. The summed E-state index contributed by atoms with van der Waals surface area (Å²) in [5.41, 5.74) is 5.96. The summed E-state index contributed by atoms with van der Waals surface area (Å²) in [5, 5.41) is 2.74. The SMILES string of the molecule is CC(=O)NCC1CN(C(=O)C2CCCC(N)C2)CCO1. The third kappa shape index (κ3) is 4.18. The minimum absolute atomic E-state index is 0.0678. The van der Waals surface area contributed by atoms with Gasteiger partial charge >= 0.3 is 0 Å². The van der Waals surface area contributed by atoms with Gasteiger partial charge in [-0.2, -0.15) is 0 Å². The third-order valence-electron chi connectivity index (χ3n) is 4.09. The first-order valence-corrected chi connectivity index (χ1v) is 7.46. The molecule has 6 nitrogen and oxygen atoms in total. The molecule has 3 atom stereocenters. The predicted molar refractivity (Wildman–Crippen MR) is 74.9 cm³/mol. The van der Waals surface area contributed by atoms with Gasteiger partial charge in [0.05, 0.1) is 12.7 Å². The van der Waals surface area contributed by atoms with Crippen LogP contribution in [0.15, 0.2) is 0 Å². The van der Waals surface area contributed by atoms with E-state index in [1.807, 2.05) is 4.90 Å². The molecule has 1 aliphatic heterocycles. The Morgan fingerprint density at radius 2 is 2.20 bits per heavy atom. The van der Waals surface area contributed by atoms with E-state index >= 15 is 0 Å². The Hall–Kier alpha value is -1.14. The van der Waals surface area contributed by atoms with Crippen molar-refractivity contribution in [3.05, 3.63) is 0 Å². The average Bonchev–Trinajstić information content (AvgIpc) is 2.44. The highest BCUT2D eigenvalue weighted by atomic mass is 16.5. The number of carbonyl (C=O) groups is 2. The van der Waals surface area contributed by atoms with Crippen LogP contribution in [0, 0.1) is 5.92 Å². The van der Waals surface area contributed by atoms with E-state index in [2.05, 4.69) is 5.32 Å². The fraction of sp³-hybridized carbons (Fsp3) is 0.857. The maximum absolute atomic E-state index is 12.5. The molecule has 114 valence electrons. The van der Waals surface area contributed by atoms with Crippen LogP contribution < -0.4 is 11.1 Å². The highest BCUT2D eigenvalue weighted by Crippen LogP contribution is 2.25. The fourth-order valence-corrected chi connectivity index (χ4v) is 3.01. The van der Waals surface area contributed by atoms with Gasteiger partial charge in [-0.05, 0) is 19.3 Å². The molecular formula is C14H25N3O3. The van der Waals surface area contributed by atoms with Crippen LogP contribution in [0.25, 0.3) is 0 Å². The van der Waals surface area contributed by atoms with Crippen LogP contribution in [0.4, 0.5) is 0 Å². The lowest BCUT2D eigenvalue weighted by Crippen LogP contribution is -2.51. The van der Waals surface area contributed by atoms with E-state index in [-0.39, 0.29) is 29.9 Å². The molecule has 1 saturated carbocycles. The van der Waals surface area contributed by atoms with Crippen molar-refractivity contribution in [3.8, 4) is 0 Å². The first-order valence-electron chi connectivity index (χ1n) is 7.46. The molecular weight excluding hydrogens is 258 g/mol. The number of nitrogens with one attached hydrogen (secondary N) is 1. The van der Waals surface area contributed by atoms with Crippen molar-refractivity contribution >= 4 is 11.8 Å². The van der Waals surface area contributed by atoms with E-state index in [1.54, 1.807) is 0 Å². The summed E-state index contributed by atoms with van der Waals surface area (Å²) in [6.45, 7) is 3.68. The Labute approximate surface area is 120 Å². The number of amides is 2. The second-order valence-corrected chi connectivity index (χ2v) is 5.84. The summed E-state index contributed by atoms with van der Waals surface area (Å²) in [5.74, 6) is 0.199. The molecule has 20 heavy (non-hydrogen) atoms. The van der Waals surface area contributed by atoms with Crippen LogP contribution in [0.3, 0.4) is 0 Å². The Bertz CT molecular complexity index is 362. The van der Waals surface area contributed by atoms with Gasteiger partial charge < -0.3 is 20.7 Å². The van der Waals surface area contributed by atoms with E-state index in [4.69, 9.17) is 10.5 Å². The summed E-state index contributed by atoms with van der Waals surface area (Å²) in [6, 6.07) is 0.161. The van der Waals surface area contributed by atoms with Crippen molar-refractivity contribution in [2.24, 2.45) is 11.7 Å². The summed E-state index contributed by atoms with van der Waals surface area (Å²) in [7, 11) is 0. The zero-order chi connectivity index (χ0) is 14.5. The molecule has 0 radical (unpaired) electrons. The largest absolute Gasteiger partial charge is 0.373 e. The minimum Gasteiger partial charge on any atom is -0.373 e. The maximum Gasteiger partial charge on any atom is 0.225 e. The topological polar surface area (TPSA) is 84.7 Å².